The molecule has 0 aromatic heterocycles. The quantitative estimate of drug-likeness (QED) is 0.687. The fourth-order valence-corrected chi connectivity index (χ4v) is 3.23. The second-order valence-electron chi connectivity index (χ2n) is 4.68. The van der Waals surface area contributed by atoms with Crippen LogP contribution in [0.3, 0.4) is 0 Å². The lowest BCUT2D eigenvalue weighted by molar-refractivity contribution is 0.233. The number of nitrogen functional groups attached to an aromatic ring is 1. The molecule has 108 valence electrons. The van der Waals surface area contributed by atoms with Crippen molar-refractivity contribution in [3.63, 3.8) is 0 Å². The lowest BCUT2D eigenvalue weighted by Gasteiger charge is -2.28. The summed E-state index contributed by atoms with van der Waals surface area (Å²) in [6.07, 6.45) is 0.725. The summed E-state index contributed by atoms with van der Waals surface area (Å²) in [6, 6.07) is 3.42. The number of sulfonamides is 1. The van der Waals surface area contributed by atoms with Crippen LogP contribution in [0, 0.1) is 5.82 Å². The summed E-state index contributed by atoms with van der Waals surface area (Å²) < 4.78 is 40.4. The number of hydrogen-bond acceptors (Lipinski definition) is 4. The molecule has 0 aliphatic heterocycles. The topological polar surface area (TPSA) is 92.4 Å². The number of anilines is 1. The van der Waals surface area contributed by atoms with Gasteiger partial charge in [-0.1, -0.05) is 6.92 Å². The molecule has 0 saturated heterocycles. The van der Waals surface area contributed by atoms with Gasteiger partial charge in [0.2, 0.25) is 10.0 Å². The van der Waals surface area contributed by atoms with E-state index in [1.54, 1.807) is 13.8 Å². The summed E-state index contributed by atoms with van der Waals surface area (Å²) in [5, 5.41) is 8.97. The zero-order valence-electron chi connectivity index (χ0n) is 11.0. The molecule has 19 heavy (non-hydrogen) atoms. The van der Waals surface area contributed by atoms with Gasteiger partial charge < -0.3 is 10.8 Å². The Bertz CT molecular complexity index is 548. The van der Waals surface area contributed by atoms with Gasteiger partial charge in [-0.25, -0.2) is 17.5 Å². The third kappa shape index (κ3) is 3.89. The molecule has 4 N–H and O–H groups in total. The summed E-state index contributed by atoms with van der Waals surface area (Å²) in [6.45, 7) is 3.30. The Labute approximate surface area is 112 Å². The molecule has 0 heterocycles. The third-order valence-electron chi connectivity index (χ3n) is 3.07. The normalized spacial score (nSPS) is 15.2. The highest BCUT2D eigenvalue weighted by atomic mass is 32.2. The number of hydrogen-bond donors (Lipinski definition) is 3. The van der Waals surface area contributed by atoms with Gasteiger partial charge in [0, 0.05) is 17.8 Å². The van der Waals surface area contributed by atoms with Crippen molar-refractivity contribution >= 4 is 15.7 Å². The molecule has 0 aliphatic rings. The molecule has 1 rings (SSSR count). The molecule has 0 radical (unpaired) electrons. The maximum absolute atomic E-state index is 13.7. The molecule has 0 saturated carbocycles. The summed E-state index contributed by atoms with van der Waals surface area (Å²) in [7, 11) is -3.99. The van der Waals surface area contributed by atoms with E-state index < -0.39 is 26.3 Å². The van der Waals surface area contributed by atoms with Gasteiger partial charge in [0.25, 0.3) is 0 Å². The minimum absolute atomic E-state index is 0.156. The van der Waals surface area contributed by atoms with Crippen LogP contribution in [-0.4, -0.2) is 25.7 Å². The van der Waals surface area contributed by atoms with Crippen molar-refractivity contribution < 1.29 is 17.9 Å². The van der Waals surface area contributed by atoms with Crippen LogP contribution < -0.4 is 10.5 Å². The lowest BCUT2D eigenvalue weighted by Crippen LogP contribution is -2.46. The molecule has 0 spiro atoms. The average Bonchev–Trinajstić information content (AvgIpc) is 2.27. The Morgan fingerprint density at radius 3 is 2.58 bits per heavy atom. The van der Waals surface area contributed by atoms with Crippen molar-refractivity contribution in [2.24, 2.45) is 0 Å². The Morgan fingerprint density at radius 2 is 2.11 bits per heavy atom. The SMILES string of the molecule is CCC(C)(CCO)NS(=O)(=O)c1ccc(N)cc1F. The van der Waals surface area contributed by atoms with Crippen LogP contribution in [0.2, 0.25) is 0 Å². The molecule has 0 aliphatic carbocycles. The van der Waals surface area contributed by atoms with Crippen LogP contribution >= 0.6 is 0 Å². The molecular weight excluding hydrogens is 271 g/mol. The summed E-state index contributed by atoms with van der Waals surface area (Å²) in [5.41, 5.74) is 4.72. The van der Waals surface area contributed by atoms with E-state index >= 15 is 0 Å². The van der Waals surface area contributed by atoms with Gasteiger partial charge in [0.1, 0.15) is 10.7 Å². The fourth-order valence-electron chi connectivity index (χ4n) is 1.66. The van der Waals surface area contributed by atoms with Gasteiger partial charge in [0.15, 0.2) is 0 Å². The fraction of sp³-hybridized carbons (Fsp3) is 0.500. The Morgan fingerprint density at radius 1 is 1.47 bits per heavy atom. The zero-order chi connectivity index (χ0) is 14.7. The summed E-state index contributed by atoms with van der Waals surface area (Å²) in [5.74, 6) is -0.894. The highest BCUT2D eigenvalue weighted by molar-refractivity contribution is 7.89. The van der Waals surface area contributed by atoms with Crippen LogP contribution in [-0.2, 0) is 10.0 Å². The van der Waals surface area contributed by atoms with Crippen molar-refractivity contribution in [1.29, 1.82) is 0 Å². The van der Waals surface area contributed by atoms with Crippen LogP contribution in [0.5, 0.6) is 0 Å². The minimum atomic E-state index is -3.99. The molecule has 1 aromatic carbocycles. The highest BCUT2D eigenvalue weighted by Crippen LogP contribution is 2.22. The van der Waals surface area contributed by atoms with Crippen molar-refractivity contribution in [1.82, 2.24) is 4.72 Å². The molecule has 1 aromatic rings. The maximum Gasteiger partial charge on any atom is 0.243 e. The first-order valence-electron chi connectivity index (χ1n) is 5.94. The number of nitrogens with two attached hydrogens (primary N) is 1. The van der Waals surface area contributed by atoms with E-state index in [1.807, 2.05) is 0 Å². The number of rotatable bonds is 6. The number of aliphatic hydroxyl groups is 1. The second kappa shape index (κ2) is 5.85. The summed E-state index contributed by atoms with van der Waals surface area (Å²) in [4.78, 5) is -0.445. The molecular formula is C12H19FN2O3S. The smallest absolute Gasteiger partial charge is 0.243 e. The Hall–Kier alpha value is -1.18. The molecule has 5 nitrogen and oxygen atoms in total. The average molecular weight is 290 g/mol. The van der Waals surface area contributed by atoms with Crippen molar-refractivity contribution in [3.05, 3.63) is 24.0 Å². The van der Waals surface area contributed by atoms with E-state index in [-0.39, 0.29) is 18.7 Å². The van der Waals surface area contributed by atoms with E-state index in [1.165, 1.54) is 6.07 Å². The van der Waals surface area contributed by atoms with Crippen molar-refractivity contribution in [2.75, 3.05) is 12.3 Å². The number of nitrogens with one attached hydrogen (secondary N) is 1. The van der Waals surface area contributed by atoms with Crippen molar-refractivity contribution in [2.45, 2.75) is 37.1 Å². The first-order valence-corrected chi connectivity index (χ1v) is 7.42. The van der Waals surface area contributed by atoms with E-state index in [2.05, 4.69) is 4.72 Å². The Balaban J connectivity index is 3.10. The molecule has 0 bridgehead atoms. The lowest BCUT2D eigenvalue weighted by atomic mass is 9.97. The van der Waals surface area contributed by atoms with Crippen LogP contribution in [0.4, 0.5) is 10.1 Å². The monoisotopic (exact) mass is 290 g/mol. The van der Waals surface area contributed by atoms with Gasteiger partial charge in [0.05, 0.1) is 0 Å². The molecule has 1 atom stereocenters. The largest absolute Gasteiger partial charge is 0.399 e. The van der Waals surface area contributed by atoms with E-state index in [0.717, 1.165) is 12.1 Å². The second-order valence-corrected chi connectivity index (χ2v) is 6.33. The van der Waals surface area contributed by atoms with E-state index in [0.29, 0.717) is 6.42 Å². The van der Waals surface area contributed by atoms with E-state index in [4.69, 9.17) is 10.8 Å². The Kier molecular flexibility index (Phi) is 4.89. The van der Waals surface area contributed by atoms with Crippen molar-refractivity contribution in [3.8, 4) is 0 Å². The predicted molar refractivity (Wildman–Crippen MR) is 71.5 cm³/mol. The predicted octanol–water partition coefficient (Wildman–Crippen LogP) is 1.24. The summed E-state index contributed by atoms with van der Waals surface area (Å²) >= 11 is 0. The van der Waals surface area contributed by atoms with Crippen LogP contribution in [0.1, 0.15) is 26.7 Å². The molecule has 7 heteroatoms. The van der Waals surface area contributed by atoms with Gasteiger partial charge >= 0.3 is 0 Å². The van der Waals surface area contributed by atoms with Crippen LogP contribution in [0.15, 0.2) is 23.1 Å². The third-order valence-corrected chi connectivity index (χ3v) is 4.74. The number of aliphatic hydroxyl groups excluding tert-OH is 1. The maximum atomic E-state index is 13.7. The van der Waals surface area contributed by atoms with E-state index in [9.17, 15) is 12.8 Å². The number of halogens is 1. The van der Waals surface area contributed by atoms with Gasteiger partial charge in [-0.2, -0.15) is 0 Å². The number of benzene rings is 1. The van der Waals surface area contributed by atoms with Gasteiger partial charge in [-0.3, -0.25) is 0 Å². The molecule has 1 unspecified atom stereocenters. The first-order chi connectivity index (χ1) is 8.74. The van der Waals surface area contributed by atoms with Gasteiger partial charge in [-0.15, -0.1) is 0 Å². The van der Waals surface area contributed by atoms with Crippen LogP contribution in [0.25, 0.3) is 0 Å². The van der Waals surface area contributed by atoms with Gasteiger partial charge in [-0.05, 0) is 38.0 Å². The molecule has 0 fully saturated rings. The zero-order valence-corrected chi connectivity index (χ0v) is 11.8. The first kappa shape index (κ1) is 15.9. The standard InChI is InChI=1S/C12H19FN2O3S/c1-3-12(2,6-7-16)15-19(17,18)11-5-4-9(14)8-10(11)13/h4-5,8,15-16H,3,6-7,14H2,1-2H3. The molecule has 0 amide bonds. The highest BCUT2D eigenvalue weighted by Gasteiger charge is 2.30. The minimum Gasteiger partial charge on any atom is -0.399 e.